The van der Waals surface area contributed by atoms with Gasteiger partial charge in [0.2, 0.25) is 0 Å². The Bertz CT molecular complexity index is 275. The van der Waals surface area contributed by atoms with Crippen LogP contribution in [0.2, 0.25) is 0 Å². The van der Waals surface area contributed by atoms with Gasteiger partial charge in [-0.3, -0.25) is 4.79 Å². The van der Waals surface area contributed by atoms with E-state index in [-0.39, 0.29) is 0 Å². The van der Waals surface area contributed by atoms with Gasteiger partial charge in [-0.15, -0.1) is 0 Å². The zero-order chi connectivity index (χ0) is 10.1. The minimum atomic E-state index is -1.62. The van der Waals surface area contributed by atoms with Gasteiger partial charge < -0.3 is 14.9 Å². The third-order valence-corrected chi connectivity index (χ3v) is 2.03. The topological polar surface area (TPSA) is 116 Å². The number of aliphatic hydroxyl groups is 2. The van der Waals surface area contributed by atoms with Crippen molar-refractivity contribution in [3.05, 3.63) is 10.4 Å². The maximum Gasteiger partial charge on any atom is 0.321 e. The number of azide groups is 1. The monoisotopic (exact) mass is 187 g/mol. The highest BCUT2D eigenvalue weighted by atomic mass is 16.6. The molecule has 1 aliphatic heterocycles. The van der Waals surface area contributed by atoms with Crippen LogP contribution in [-0.4, -0.2) is 40.5 Å². The van der Waals surface area contributed by atoms with Crippen LogP contribution in [0.25, 0.3) is 10.4 Å². The molecule has 72 valence electrons. The number of aliphatic hydroxyl groups excluding tert-OH is 2. The van der Waals surface area contributed by atoms with Crippen LogP contribution in [0.1, 0.15) is 6.92 Å². The number of esters is 1. The van der Waals surface area contributed by atoms with Gasteiger partial charge in [-0.1, -0.05) is 5.11 Å². The average Bonchev–Trinajstić information content (AvgIpc) is 2.31. The summed E-state index contributed by atoms with van der Waals surface area (Å²) in [5.41, 5.74) is 6.54. The van der Waals surface area contributed by atoms with Gasteiger partial charge in [0.15, 0.2) is 11.6 Å². The molecule has 0 bridgehead atoms. The Morgan fingerprint density at radius 3 is 2.85 bits per heavy atom. The number of hydrogen-bond donors (Lipinski definition) is 2. The van der Waals surface area contributed by atoms with Gasteiger partial charge in [-0.2, -0.15) is 0 Å². The summed E-state index contributed by atoms with van der Waals surface area (Å²) in [6.45, 7) is 0.763. The first kappa shape index (κ1) is 9.79. The molecule has 1 heterocycles. The summed E-state index contributed by atoms with van der Waals surface area (Å²) >= 11 is 0. The lowest BCUT2D eigenvalue weighted by molar-refractivity contribution is -0.146. The first-order valence-corrected chi connectivity index (χ1v) is 3.62. The van der Waals surface area contributed by atoms with Crippen molar-refractivity contribution in [3.8, 4) is 0 Å². The SMILES string of the molecule is C[C@@]1(N=[N+]=[N-])C(=O)O[C@@H](CO)[C@@H]1O. The van der Waals surface area contributed by atoms with Crippen molar-refractivity contribution in [1.82, 2.24) is 0 Å². The van der Waals surface area contributed by atoms with E-state index < -0.39 is 30.3 Å². The Morgan fingerprint density at radius 1 is 1.85 bits per heavy atom. The summed E-state index contributed by atoms with van der Waals surface area (Å²) in [6, 6.07) is 0. The molecule has 0 aromatic carbocycles. The highest BCUT2D eigenvalue weighted by molar-refractivity contribution is 5.84. The van der Waals surface area contributed by atoms with Crippen molar-refractivity contribution < 1.29 is 19.7 Å². The Labute approximate surface area is 73.6 Å². The predicted molar refractivity (Wildman–Crippen MR) is 40.5 cm³/mol. The van der Waals surface area contributed by atoms with E-state index in [0.717, 1.165) is 0 Å². The normalized spacial score (nSPS) is 38.2. The molecule has 0 aromatic rings. The van der Waals surface area contributed by atoms with Crippen LogP contribution in [0, 0.1) is 0 Å². The molecule has 0 amide bonds. The molecule has 0 aliphatic carbocycles. The molecule has 1 rings (SSSR count). The molecule has 0 aromatic heterocycles. The molecule has 0 radical (unpaired) electrons. The van der Waals surface area contributed by atoms with Crippen LogP contribution in [0.5, 0.6) is 0 Å². The largest absolute Gasteiger partial charge is 0.457 e. The van der Waals surface area contributed by atoms with Gasteiger partial charge in [0, 0.05) is 4.91 Å². The first-order valence-electron chi connectivity index (χ1n) is 3.62. The number of carbonyl (C=O) groups is 1. The lowest BCUT2D eigenvalue weighted by Gasteiger charge is -2.17. The number of ether oxygens (including phenoxy) is 1. The van der Waals surface area contributed by atoms with Crippen molar-refractivity contribution in [3.63, 3.8) is 0 Å². The third kappa shape index (κ3) is 1.33. The van der Waals surface area contributed by atoms with Gasteiger partial charge >= 0.3 is 5.97 Å². The van der Waals surface area contributed by atoms with Crippen LogP contribution < -0.4 is 0 Å². The minimum absolute atomic E-state index is 0.497. The lowest BCUT2D eigenvalue weighted by atomic mass is 9.96. The molecule has 7 nitrogen and oxygen atoms in total. The van der Waals surface area contributed by atoms with E-state index in [1.807, 2.05) is 0 Å². The highest BCUT2D eigenvalue weighted by Crippen LogP contribution is 2.29. The molecule has 0 spiro atoms. The van der Waals surface area contributed by atoms with E-state index in [9.17, 15) is 9.90 Å². The average molecular weight is 187 g/mol. The maximum atomic E-state index is 11.1. The molecule has 7 heteroatoms. The van der Waals surface area contributed by atoms with Crippen molar-refractivity contribution in [2.24, 2.45) is 5.11 Å². The van der Waals surface area contributed by atoms with Crippen LogP contribution in [0.4, 0.5) is 0 Å². The van der Waals surface area contributed by atoms with Crippen LogP contribution in [0.3, 0.4) is 0 Å². The fraction of sp³-hybridized carbons (Fsp3) is 0.833. The molecule has 1 saturated heterocycles. The molecule has 3 atom stereocenters. The third-order valence-electron chi connectivity index (χ3n) is 2.03. The van der Waals surface area contributed by atoms with Crippen molar-refractivity contribution in [2.75, 3.05) is 6.61 Å². The summed E-state index contributed by atoms with van der Waals surface area (Å²) in [4.78, 5) is 13.5. The number of rotatable bonds is 2. The second-order valence-corrected chi connectivity index (χ2v) is 2.91. The second-order valence-electron chi connectivity index (χ2n) is 2.91. The van der Waals surface area contributed by atoms with E-state index in [0.29, 0.717) is 0 Å². The standard InChI is InChI=1S/C6H9N3O4/c1-6(8-9-7)4(11)3(2-10)13-5(6)12/h3-4,10-11H,2H2,1H3/t3-,4-,6-/m0/s1. The summed E-state index contributed by atoms with van der Waals surface area (Å²) in [5, 5.41) is 21.3. The fourth-order valence-electron chi connectivity index (χ4n) is 1.13. The zero-order valence-corrected chi connectivity index (χ0v) is 6.91. The van der Waals surface area contributed by atoms with E-state index >= 15 is 0 Å². The van der Waals surface area contributed by atoms with Crippen LogP contribution in [0.15, 0.2) is 5.11 Å². The zero-order valence-electron chi connectivity index (χ0n) is 6.91. The Balaban J connectivity index is 2.98. The van der Waals surface area contributed by atoms with E-state index in [4.69, 9.17) is 10.6 Å². The predicted octanol–water partition coefficient (Wildman–Crippen LogP) is -0.666. The maximum absolute atomic E-state index is 11.1. The Morgan fingerprint density at radius 2 is 2.46 bits per heavy atom. The van der Waals surface area contributed by atoms with Crippen LogP contribution in [-0.2, 0) is 9.53 Å². The molecule has 2 N–H and O–H groups in total. The van der Waals surface area contributed by atoms with Gasteiger partial charge in [-0.25, -0.2) is 0 Å². The summed E-state index contributed by atoms with van der Waals surface area (Å²) in [6.07, 6.45) is -2.32. The molecule has 13 heavy (non-hydrogen) atoms. The minimum Gasteiger partial charge on any atom is -0.457 e. The first-order chi connectivity index (χ1) is 6.06. The van der Waals surface area contributed by atoms with Crippen molar-refractivity contribution in [2.45, 2.75) is 24.7 Å². The van der Waals surface area contributed by atoms with Gasteiger partial charge in [0.05, 0.1) is 6.61 Å². The molecular formula is C6H9N3O4. The van der Waals surface area contributed by atoms with Gasteiger partial charge in [-0.05, 0) is 12.5 Å². The number of hydrogen-bond acceptors (Lipinski definition) is 5. The van der Waals surface area contributed by atoms with Crippen molar-refractivity contribution >= 4 is 5.97 Å². The van der Waals surface area contributed by atoms with E-state index in [1.165, 1.54) is 6.92 Å². The summed E-state index contributed by atoms with van der Waals surface area (Å²) < 4.78 is 4.59. The van der Waals surface area contributed by atoms with Crippen molar-refractivity contribution in [1.29, 1.82) is 0 Å². The summed E-state index contributed by atoms with van der Waals surface area (Å²) in [5.74, 6) is -0.822. The quantitative estimate of drug-likeness (QED) is 0.258. The molecule has 1 fully saturated rings. The van der Waals surface area contributed by atoms with Crippen LogP contribution >= 0.6 is 0 Å². The number of nitrogens with zero attached hydrogens (tertiary/aromatic N) is 3. The number of carbonyl (C=O) groups excluding carboxylic acids is 1. The molecule has 1 aliphatic rings. The molecular weight excluding hydrogens is 178 g/mol. The fourth-order valence-corrected chi connectivity index (χ4v) is 1.13. The number of cyclic esters (lactones) is 1. The molecule has 0 saturated carbocycles. The smallest absolute Gasteiger partial charge is 0.321 e. The summed E-state index contributed by atoms with van der Waals surface area (Å²) in [7, 11) is 0. The van der Waals surface area contributed by atoms with E-state index in [2.05, 4.69) is 14.8 Å². The van der Waals surface area contributed by atoms with Gasteiger partial charge in [0.25, 0.3) is 0 Å². The van der Waals surface area contributed by atoms with Gasteiger partial charge in [0.1, 0.15) is 6.10 Å². The Hall–Kier alpha value is -1.30. The lowest BCUT2D eigenvalue weighted by Crippen LogP contribution is -2.42. The Kier molecular flexibility index (Phi) is 2.42. The van der Waals surface area contributed by atoms with E-state index in [1.54, 1.807) is 0 Å². The highest BCUT2D eigenvalue weighted by Gasteiger charge is 2.53. The molecule has 0 unspecified atom stereocenters. The second kappa shape index (κ2) is 3.21.